The van der Waals surface area contributed by atoms with E-state index in [1.54, 1.807) is 0 Å². The maximum Gasteiger partial charge on any atom is 0.393 e. The summed E-state index contributed by atoms with van der Waals surface area (Å²) in [4.78, 5) is 0.0349. The number of rotatable bonds is 4. The molecule has 0 aliphatic carbocycles. The summed E-state index contributed by atoms with van der Waals surface area (Å²) in [5.41, 5.74) is 4.99. The van der Waals surface area contributed by atoms with Gasteiger partial charge in [-0.05, 0) is 18.2 Å². The minimum absolute atomic E-state index is 0.0349. The molecule has 2 unspecified atom stereocenters. The van der Waals surface area contributed by atoms with Crippen molar-refractivity contribution in [3.8, 4) is 0 Å². The van der Waals surface area contributed by atoms with E-state index in [9.17, 15) is 21.8 Å². The van der Waals surface area contributed by atoms with Crippen molar-refractivity contribution in [3.63, 3.8) is 0 Å². The van der Waals surface area contributed by atoms with Crippen molar-refractivity contribution < 1.29 is 21.8 Å². The van der Waals surface area contributed by atoms with Crippen LogP contribution in [-0.2, 0) is 10.8 Å². The van der Waals surface area contributed by atoms with E-state index in [0.717, 1.165) is 12.1 Å². The van der Waals surface area contributed by atoms with Gasteiger partial charge < -0.3 is 5.73 Å². The Labute approximate surface area is 98.3 Å². The third kappa shape index (κ3) is 4.08. The van der Waals surface area contributed by atoms with Gasteiger partial charge in [0.15, 0.2) is 0 Å². The summed E-state index contributed by atoms with van der Waals surface area (Å²) in [7, 11) is -1.91. The van der Waals surface area contributed by atoms with E-state index in [-0.39, 0.29) is 4.90 Å². The number of hydrogen-bond acceptors (Lipinski definition) is 2. The minimum Gasteiger partial charge on any atom is -0.330 e. The first-order chi connectivity index (χ1) is 7.84. The van der Waals surface area contributed by atoms with Crippen LogP contribution in [0.4, 0.5) is 17.6 Å². The van der Waals surface area contributed by atoms with E-state index in [1.165, 1.54) is 12.1 Å². The van der Waals surface area contributed by atoms with Crippen molar-refractivity contribution in [1.82, 2.24) is 0 Å². The summed E-state index contributed by atoms with van der Waals surface area (Å²) < 4.78 is 61.6. The van der Waals surface area contributed by atoms with Gasteiger partial charge in [-0.25, -0.2) is 4.39 Å². The second kappa shape index (κ2) is 5.59. The Morgan fingerprint density at radius 3 is 2.47 bits per heavy atom. The first kappa shape index (κ1) is 14.1. The summed E-state index contributed by atoms with van der Waals surface area (Å²) in [5.74, 6) is -3.12. The van der Waals surface area contributed by atoms with Crippen LogP contribution in [0.1, 0.15) is 0 Å². The molecular weight excluding hydrogens is 258 g/mol. The average Bonchev–Trinajstić information content (AvgIpc) is 2.23. The Balaban J connectivity index is 2.78. The van der Waals surface area contributed by atoms with Crippen LogP contribution in [0.15, 0.2) is 29.2 Å². The molecule has 0 saturated heterocycles. The lowest BCUT2D eigenvalue weighted by molar-refractivity contribution is -0.165. The monoisotopic (exact) mass is 269 g/mol. The van der Waals surface area contributed by atoms with Gasteiger partial charge in [0, 0.05) is 17.2 Å². The molecule has 0 aromatic heterocycles. The number of alkyl halides is 3. The maximum atomic E-state index is 12.8. The van der Waals surface area contributed by atoms with Gasteiger partial charge in [-0.3, -0.25) is 4.21 Å². The first-order valence-electron chi connectivity index (χ1n) is 4.75. The standard InChI is InChI=1S/C10H11F4NOS/c11-8-2-1-3-9(4-8)17(16)6-7(5-15)10(12,13)14/h1-4,7H,5-6,15H2. The van der Waals surface area contributed by atoms with Gasteiger partial charge in [0.05, 0.1) is 16.7 Å². The zero-order valence-electron chi connectivity index (χ0n) is 8.71. The highest BCUT2D eigenvalue weighted by Gasteiger charge is 2.39. The second-order valence-electron chi connectivity index (χ2n) is 3.44. The third-order valence-electron chi connectivity index (χ3n) is 2.16. The van der Waals surface area contributed by atoms with Crippen LogP contribution in [-0.4, -0.2) is 22.7 Å². The largest absolute Gasteiger partial charge is 0.393 e. The molecule has 0 spiro atoms. The normalized spacial score (nSPS) is 15.6. The van der Waals surface area contributed by atoms with Gasteiger partial charge in [-0.2, -0.15) is 13.2 Å². The molecule has 0 fully saturated rings. The molecule has 0 saturated carbocycles. The Morgan fingerprint density at radius 1 is 1.35 bits per heavy atom. The van der Waals surface area contributed by atoms with E-state index in [2.05, 4.69) is 0 Å². The highest BCUT2D eigenvalue weighted by Crippen LogP contribution is 2.27. The Hall–Kier alpha value is -0.950. The summed E-state index contributed by atoms with van der Waals surface area (Å²) in [6.07, 6.45) is -4.49. The topological polar surface area (TPSA) is 43.1 Å². The second-order valence-corrected chi connectivity index (χ2v) is 4.94. The maximum absolute atomic E-state index is 12.8. The fraction of sp³-hybridized carbons (Fsp3) is 0.400. The van der Waals surface area contributed by atoms with Gasteiger partial charge in [0.25, 0.3) is 0 Å². The highest BCUT2D eigenvalue weighted by molar-refractivity contribution is 7.85. The molecule has 7 heteroatoms. The fourth-order valence-electron chi connectivity index (χ4n) is 1.18. The van der Waals surface area contributed by atoms with Crippen LogP contribution in [0.3, 0.4) is 0 Å². The van der Waals surface area contributed by atoms with Crippen LogP contribution in [0.25, 0.3) is 0 Å². The average molecular weight is 269 g/mol. The van der Waals surface area contributed by atoms with Gasteiger partial charge in [-0.15, -0.1) is 0 Å². The van der Waals surface area contributed by atoms with Gasteiger partial charge in [0.1, 0.15) is 5.82 Å². The molecule has 2 N–H and O–H groups in total. The van der Waals surface area contributed by atoms with Gasteiger partial charge in [0.2, 0.25) is 0 Å². The number of hydrogen-bond donors (Lipinski definition) is 1. The lowest BCUT2D eigenvalue weighted by atomic mass is 10.2. The molecule has 1 aromatic carbocycles. The molecule has 96 valence electrons. The summed E-state index contributed by atoms with van der Waals surface area (Å²) in [6, 6.07) is 4.71. The van der Waals surface area contributed by atoms with Crippen molar-refractivity contribution >= 4 is 10.8 Å². The molecular formula is C10H11F4NOS. The van der Waals surface area contributed by atoms with E-state index in [1.807, 2.05) is 0 Å². The zero-order chi connectivity index (χ0) is 13.1. The predicted molar refractivity (Wildman–Crippen MR) is 56.3 cm³/mol. The van der Waals surface area contributed by atoms with E-state index in [0.29, 0.717) is 0 Å². The molecule has 0 radical (unpaired) electrons. The minimum atomic E-state index is -4.49. The SMILES string of the molecule is NCC(CS(=O)c1cccc(F)c1)C(F)(F)F. The predicted octanol–water partition coefficient (Wildman–Crippen LogP) is 2.07. The van der Waals surface area contributed by atoms with Crippen LogP contribution in [0.5, 0.6) is 0 Å². The van der Waals surface area contributed by atoms with Gasteiger partial charge >= 0.3 is 6.18 Å². The van der Waals surface area contributed by atoms with Crippen molar-refractivity contribution in [3.05, 3.63) is 30.1 Å². The molecule has 0 aliphatic rings. The van der Waals surface area contributed by atoms with Gasteiger partial charge in [-0.1, -0.05) is 6.07 Å². The fourth-order valence-corrected chi connectivity index (χ4v) is 2.54. The lowest BCUT2D eigenvalue weighted by Crippen LogP contribution is -2.34. The zero-order valence-corrected chi connectivity index (χ0v) is 9.52. The molecule has 1 rings (SSSR count). The molecule has 0 heterocycles. The lowest BCUT2D eigenvalue weighted by Gasteiger charge is -2.17. The molecule has 2 atom stereocenters. The molecule has 0 bridgehead atoms. The summed E-state index contributed by atoms with van der Waals surface area (Å²) in [5, 5.41) is 0. The van der Waals surface area contributed by atoms with Crippen molar-refractivity contribution in [1.29, 1.82) is 0 Å². The number of nitrogens with two attached hydrogens (primary N) is 1. The molecule has 1 aromatic rings. The number of halogens is 4. The smallest absolute Gasteiger partial charge is 0.330 e. The molecule has 2 nitrogen and oxygen atoms in total. The van der Waals surface area contributed by atoms with E-state index >= 15 is 0 Å². The van der Waals surface area contributed by atoms with Crippen molar-refractivity contribution in [2.45, 2.75) is 11.1 Å². The molecule has 0 amide bonds. The van der Waals surface area contributed by atoms with Crippen LogP contribution in [0.2, 0.25) is 0 Å². The number of benzene rings is 1. The Bertz CT molecular complexity index is 408. The van der Waals surface area contributed by atoms with E-state index < -0.39 is 41.0 Å². The van der Waals surface area contributed by atoms with Crippen molar-refractivity contribution in [2.24, 2.45) is 11.7 Å². The third-order valence-corrected chi connectivity index (χ3v) is 3.64. The van der Waals surface area contributed by atoms with E-state index in [4.69, 9.17) is 5.73 Å². The Kier molecular flexibility index (Phi) is 4.64. The first-order valence-corrected chi connectivity index (χ1v) is 6.07. The van der Waals surface area contributed by atoms with Crippen LogP contribution >= 0.6 is 0 Å². The molecule has 17 heavy (non-hydrogen) atoms. The Morgan fingerprint density at radius 2 is 2.00 bits per heavy atom. The van der Waals surface area contributed by atoms with Crippen LogP contribution < -0.4 is 5.73 Å². The van der Waals surface area contributed by atoms with Crippen molar-refractivity contribution in [2.75, 3.05) is 12.3 Å². The summed E-state index contributed by atoms with van der Waals surface area (Å²) in [6.45, 7) is -0.634. The quantitative estimate of drug-likeness (QED) is 0.850. The highest BCUT2D eigenvalue weighted by atomic mass is 32.2. The summed E-state index contributed by atoms with van der Waals surface area (Å²) >= 11 is 0. The van der Waals surface area contributed by atoms with Crippen LogP contribution in [0, 0.1) is 11.7 Å². The molecule has 0 aliphatic heterocycles.